The van der Waals surface area contributed by atoms with Crippen LogP contribution in [0, 0.1) is 12.7 Å². The van der Waals surface area contributed by atoms with E-state index in [1.807, 2.05) is 13.0 Å². The second-order valence-electron chi connectivity index (χ2n) is 11.2. The minimum Gasteiger partial charge on any atom is -0.455 e. The van der Waals surface area contributed by atoms with Crippen LogP contribution in [-0.4, -0.2) is 39.5 Å². The Bertz CT molecular complexity index is 1750. The lowest BCUT2D eigenvalue weighted by atomic mass is 10.1. The maximum atomic E-state index is 16.1. The maximum absolute atomic E-state index is 16.1. The van der Waals surface area contributed by atoms with Crippen LogP contribution in [0.15, 0.2) is 65.0 Å². The van der Waals surface area contributed by atoms with Gasteiger partial charge in [-0.05, 0) is 63.6 Å². The van der Waals surface area contributed by atoms with Gasteiger partial charge in [-0.1, -0.05) is 65.9 Å². The molecule has 0 fully saturated rings. The van der Waals surface area contributed by atoms with Gasteiger partial charge in [-0.3, -0.25) is 14.5 Å². The van der Waals surface area contributed by atoms with Crippen LogP contribution < -0.4 is 20.3 Å². The lowest BCUT2D eigenvalue weighted by Gasteiger charge is -2.26. The third-order valence-electron chi connectivity index (χ3n) is 6.30. The zero-order valence-corrected chi connectivity index (χ0v) is 28.9. The van der Waals surface area contributed by atoms with Crippen molar-refractivity contribution < 1.29 is 28.2 Å². The first-order valence-electron chi connectivity index (χ1n) is 14.7. The van der Waals surface area contributed by atoms with Crippen molar-refractivity contribution in [3.63, 3.8) is 0 Å². The molecule has 47 heavy (non-hydrogen) atoms. The largest absolute Gasteiger partial charge is 0.455 e. The van der Waals surface area contributed by atoms with Gasteiger partial charge in [0.1, 0.15) is 16.4 Å². The Balaban J connectivity index is 1.68. The van der Waals surface area contributed by atoms with Crippen LogP contribution in [0.25, 0.3) is 0 Å². The smallest absolute Gasteiger partial charge is 0.407 e. The van der Waals surface area contributed by atoms with E-state index in [1.54, 1.807) is 70.2 Å². The highest BCUT2D eigenvalue weighted by molar-refractivity contribution is 8.01. The molecule has 3 amide bonds. The predicted molar refractivity (Wildman–Crippen MR) is 182 cm³/mol. The average Bonchev–Trinajstić information content (AvgIpc) is 3.44. The Morgan fingerprint density at radius 3 is 2.47 bits per heavy atom. The van der Waals surface area contributed by atoms with E-state index in [1.165, 1.54) is 40.1 Å². The topological polar surface area (TPSA) is 123 Å². The molecule has 4 rings (SSSR count). The Morgan fingerprint density at radius 2 is 1.77 bits per heavy atom. The molecule has 3 aromatic carbocycles. The van der Waals surface area contributed by atoms with Crippen LogP contribution in [-0.2, 0) is 27.4 Å². The third-order valence-corrected chi connectivity index (χ3v) is 8.49. The van der Waals surface area contributed by atoms with Crippen molar-refractivity contribution in [2.24, 2.45) is 0 Å². The minimum atomic E-state index is -0.676. The van der Waals surface area contributed by atoms with E-state index in [2.05, 4.69) is 20.8 Å². The molecule has 10 nitrogen and oxygen atoms in total. The molecule has 0 aliphatic rings. The number of alkyl carbamates (subject to hydrolysis) is 1. The molecule has 0 bridgehead atoms. The van der Waals surface area contributed by atoms with Crippen LogP contribution in [0.2, 0.25) is 5.02 Å². The molecule has 0 atom stereocenters. The molecule has 0 saturated heterocycles. The highest BCUT2D eigenvalue weighted by Gasteiger charge is 2.27. The molecule has 0 radical (unpaired) electrons. The van der Waals surface area contributed by atoms with E-state index < -0.39 is 23.4 Å². The summed E-state index contributed by atoms with van der Waals surface area (Å²) in [5.74, 6) is -0.880. The molecule has 0 spiro atoms. The van der Waals surface area contributed by atoms with E-state index in [0.717, 1.165) is 10.6 Å². The fourth-order valence-electron chi connectivity index (χ4n) is 4.21. The SMILES string of the molecule is CCC(=O)NCc1cccc(N(C(=O)CSc2nnc(C)s2)c2ccc(Cl)cc2Oc2cccc(CNC(=O)OC(C)(C)C)c2)c1F. The fourth-order valence-corrected chi connectivity index (χ4v) is 6.03. The molecule has 2 N–H and O–H groups in total. The molecule has 0 saturated carbocycles. The molecular weight excluding hydrogens is 665 g/mol. The Kier molecular flexibility index (Phi) is 12.2. The molecule has 0 aliphatic heterocycles. The van der Waals surface area contributed by atoms with E-state index in [9.17, 15) is 14.4 Å². The van der Waals surface area contributed by atoms with E-state index >= 15 is 4.39 Å². The molecule has 1 aromatic heterocycles. The summed E-state index contributed by atoms with van der Waals surface area (Å²) in [4.78, 5) is 39.3. The van der Waals surface area contributed by atoms with Crippen LogP contribution >= 0.6 is 34.7 Å². The number of nitrogens with one attached hydrogen (secondary N) is 2. The van der Waals surface area contributed by atoms with Crippen molar-refractivity contribution in [3.05, 3.63) is 87.6 Å². The summed E-state index contributed by atoms with van der Waals surface area (Å²) in [6.45, 7) is 8.97. The van der Waals surface area contributed by atoms with Crippen molar-refractivity contribution in [2.45, 2.75) is 64.1 Å². The second kappa shape index (κ2) is 16.1. The Morgan fingerprint density at radius 1 is 1.00 bits per heavy atom. The van der Waals surface area contributed by atoms with Crippen LogP contribution in [0.5, 0.6) is 11.5 Å². The number of hydrogen-bond donors (Lipinski definition) is 2. The zero-order valence-electron chi connectivity index (χ0n) is 26.6. The molecule has 14 heteroatoms. The number of halogens is 2. The lowest BCUT2D eigenvalue weighted by molar-refractivity contribution is -0.121. The van der Waals surface area contributed by atoms with E-state index in [-0.39, 0.29) is 53.9 Å². The number of carbonyl (C=O) groups excluding carboxylic acids is 3. The highest BCUT2D eigenvalue weighted by Crippen LogP contribution is 2.40. The van der Waals surface area contributed by atoms with Gasteiger partial charge in [-0.15, -0.1) is 10.2 Å². The standard InChI is InChI=1S/C33H35ClFN5O5S2/c1-6-28(41)36-18-22-10-8-12-26(30(22)35)40(29(42)19-46-32-39-38-20(2)47-32)25-14-13-23(34)16-27(25)44-24-11-7-9-21(15-24)17-37-31(43)45-33(3,4)5/h7-16H,6,17-19H2,1-5H3,(H,36,41)(H,37,43). The van der Waals surface area contributed by atoms with Crippen LogP contribution in [0.3, 0.4) is 0 Å². The molecular formula is C33H35ClFN5O5S2. The minimum absolute atomic E-state index is 0.0326. The van der Waals surface area contributed by atoms with Gasteiger partial charge in [0.05, 0.1) is 17.1 Å². The summed E-state index contributed by atoms with van der Waals surface area (Å²) >= 11 is 8.92. The normalized spacial score (nSPS) is 11.1. The van der Waals surface area contributed by atoms with Crippen molar-refractivity contribution in [3.8, 4) is 11.5 Å². The van der Waals surface area contributed by atoms with Gasteiger partial charge < -0.3 is 20.1 Å². The molecule has 0 unspecified atom stereocenters. The van der Waals surface area contributed by atoms with Gasteiger partial charge in [0.25, 0.3) is 0 Å². The number of hydrogen-bond acceptors (Lipinski definition) is 9. The lowest BCUT2D eigenvalue weighted by Crippen LogP contribution is -2.32. The fraction of sp³-hybridized carbons (Fsp3) is 0.303. The quantitative estimate of drug-likeness (QED) is 0.143. The number of anilines is 2. The number of ether oxygens (including phenoxy) is 2. The predicted octanol–water partition coefficient (Wildman–Crippen LogP) is 7.94. The second-order valence-corrected chi connectivity index (χ2v) is 14.0. The summed E-state index contributed by atoms with van der Waals surface area (Å²) < 4.78 is 28.3. The van der Waals surface area contributed by atoms with Gasteiger partial charge in [-0.25, -0.2) is 9.18 Å². The summed E-state index contributed by atoms with van der Waals surface area (Å²) in [5, 5.41) is 14.6. The summed E-state index contributed by atoms with van der Waals surface area (Å²) in [7, 11) is 0. The van der Waals surface area contributed by atoms with Gasteiger partial charge in [0.15, 0.2) is 15.9 Å². The number of rotatable bonds is 12. The first-order valence-corrected chi connectivity index (χ1v) is 16.8. The summed E-state index contributed by atoms with van der Waals surface area (Å²) in [5.41, 5.74) is 0.491. The van der Waals surface area contributed by atoms with E-state index in [4.69, 9.17) is 21.1 Å². The number of amides is 3. The van der Waals surface area contributed by atoms with Crippen molar-refractivity contribution >= 4 is 64.0 Å². The van der Waals surface area contributed by atoms with E-state index in [0.29, 0.717) is 15.1 Å². The molecule has 4 aromatic rings. The van der Waals surface area contributed by atoms with Crippen molar-refractivity contribution in [1.82, 2.24) is 20.8 Å². The molecule has 0 aliphatic carbocycles. The van der Waals surface area contributed by atoms with Gasteiger partial charge in [0, 0.05) is 36.2 Å². The number of benzene rings is 3. The van der Waals surface area contributed by atoms with Crippen LogP contribution in [0.1, 0.15) is 50.3 Å². The zero-order chi connectivity index (χ0) is 34.1. The first-order chi connectivity index (χ1) is 22.3. The number of thioether (sulfide) groups is 1. The maximum Gasteiger partial charge on any atom is 0.407 e. The Labute approximate surface area is 286 Å². The number of carbonyl (C=O) groups is 3. The van der Waals surface area contributed by atoms with Gasteiger partial charge in [0.2, 0.25) is 11.8 Å². The third kappa shape index (κ3) is 10.4. The van der Waals surface area contributed by atoms with Gasteiger partial charge >= 0.3 is 6.09 Å². The van der Waals surface area contributed by atoms with Gasteiger partial charge in [-0.2, -0.15) is 0 Å². The summed E-state index contributed by atoms with van der Waals surface area (Å²) in [6.07, 6.45) is -0.312. The molecule has 248 valence electrons. The highest BCUT2D eigenvalue weighted by atomic mass is 35.5. The molecule has 1 heterocycles. The monoisotopic (exact) mass is 699 g/mol. The van der Waals surface area contributed by atoms with Crippen molar-refractivity contribution in [1.29, 1.82) is 0 Å². The van der Waals surface area contributed by atoms with Crippen LogP contribution in [0.4, 0.5) is 20.6 Å². The number of nitrogens with zero attached hydrogens (tertiary/aromatic N) is 3. The average molecular weight is 700 g/mol. The van der Waals surface area contributed by atoms with Crippen molar-refractivity contribution in [2.75, 3.05) is 10.7 Å². The number of aromatic nitrogens is 2. The first kappa shape index (κ1) is 35.7. The Hall–Kier alpha value is -4.20. The summed E-state index contributed by atoms with van der Waals surface area (Å²) in [6, 6.07) is 16.3. The number of aryl methyl sites for hydroxylation is 1.